The van der Waals surface area contributed by atoms with Gasteiger partial charge in [0.1, 0.15) is 0 Å². The van der Waals surface area contributed by atoms with Crippen LogP contribution in [0.15, 0.2) is 35.7 Å². The molecule has 1 fully saturated rings. The summed E-state index contributed by atoms with van der Waals surface area (Å²) in [6.07, 6.45) is 0. The number of benzene rings is 1. The molecule has 0 saturated carbocycles. The van der Waals surface area contributed by atoms with Crippen molar-refractivity contribution < 1.29 is 0 Å². The lowest BCUT2D eigenvalue weighted by Crippen LogP contribution is -2.28. The largest absolute Gasteiger partial charge is 0.326 e. The van der Waals surface area contributed by atoms with Gasteiger partial charge in [0.05, 0.1) is 5.69 Å². The fourth-order valence-corrected chi connectivity index (χ4v) is 3.02. The van der Waals surface area contributed by atoms with Gasteiger partial charge in [0.15, 0.2) is 0 Å². The summed E-state index contributed by atoms with van der Waals surface area (Å²) in [6, 6.07) is 10.7. The summed E-state index contributed by atoms with van der Waals surface area (Å²) in [4.78, 5) is 2.36. The molecule has 1 aliphatic heterocycles. The summed E-state index contributed by atoms with van der Waals surface area (Å²) in [5, 5.41) is 6.09. The molecule has 2 N–H and O–H groups in total. The van der Waals surface area contributed by atoms with Gasteiger partial charge in [-0.25, -0.2) is 0 Å². The average molecular weight is 297 g/mol. The summed E-state index contributed by atoms with van der Waals surface area (Å²) in [5.74, 6) is 0.429. The van der Waals surface area contributed by atoms with Gasteiger partial charge < -0.3 is 5.73 Å². The lowest BCUT2D eigenvalue weighted by atomic mass is 9.95. The molecule has 0 aliphatic carbocycles. The van der Waals surface area contributed by atoms with E-state index in [-0.39, 0.29) is 18.4 Å². The van der Waals surface area contributed by atoms with Crippen LogP contribution < -0.4 is 5.73 Å². The maximum Gasteiger partial charge on any atom is 0.0895 e. The molecule has 0 amide bonds. The molecule has 1 saturated heterocycles. The number of aromatic nitrogens is 2. The molecule has 2 atom stereocenters. The van der Waals surface area contributed by atoms with E-state index in [1.165, 1.54) is 17.1 Å². The van der Waals surface area contributed by atoms with Crippen LogP contribution in [0.4, 0.5) is 0 Å². The van der Waals surface area contributed by atoms with Crippen molar-refractivity contribution in [2.45, 2.75) is 18.5 Å². The van der Waals surface area contributed by atoms with Crippen LogP contribution in [-0.4, -0.2) is 33.6 Å². The van der Waals surface area contributed by atoms with Crippen molar-refractivity contribution in [3.05, 3.63) is 47.0 Å². The topological polar surface area (TPSA) is 55.0 Å². The van der Waals surface area contributed by atoms with Gasteiger partial charge in [0.2, 0.25) is 0 Å². The van der Waals surface area contributed by atoms with Gasteiger partial charge in [-0.15, -0.1) is 17.5 Å². The Morgan fingerprint density at radius 1 is 1.26 bits per heavy atom. The molecule has 1 aromatic heterocycles. The minimum atomic E-state index is 0. The molecule has 1 aromatic carbocycles. The second-order valence-electron chi connectivity index (χ2n) is 4.77. The van der Waals surface area contributed by atoms with E-state index in [2.05, 4.69) is 38.8 Å². The summed E-state index contributed by atoms with van der Waals surface area (Å²) in [6.45, 7) is 2.79. The van der Waals surface area contributed by atoms with Crippen LogP contribution in [0.1, 0.15) is 17.2 Å². The zero-order chi connectivity index (χ0) is 12.4. The third-order valence-electron chi connectivity index (χ3n) is 3.46. The maximum atomic E-state index is 6.26. The molecule has 0 unspecified atom stereocenters. The van der Waals surface area contributed by atoms with Gasteiger partial charge in [-0.1, -0.05) is 34.8 Å². The first-order chi connectivity index (χ1) is 8.83. The molecule has 2 heterocycles. The minimum Gasteiger partial charge on any atom is -0.326 e. The molecule has 1 aliphatic rings. The number of likely N-dealkylation sites (tertiary alicyclic amines) is 1. The van der Waals surface area contributed by atoms with Crippen molar-refractivity contribution in [3.8, 4) is 0 Å². The maximum absolute atomic E-state index is 6.26. The fraction of sp³-hybridized carbons (Fsp3) is 0.385. The zero-order valence-corrected chi connectivity index (χ0v) is 12.1. The van der Waals surface area contributed by atoms with E-state index in [0.29, 0.717) is 5.92 Å². The Kier molecular flexibility index (Phi) is 4.87. The zero-order valence-electron chi connectivity index (χ0n) is 10.5. The average Bonchev–Trinajstić information content (AvgIpc) is 3.01. The number of hydrogen-bond donors (Lipinski definition) is 1. The van der Waals surface area contributed by atoms with Crippen molar-refractivity contribution in [1.29, 1.82) is 0 Å². The van der Waals surface area contributed by atoms with Crippen molar-refractivity contribution in [3.63, 3.8) is 0 Å². The van der Waals surface area contributed by atoms with Gasteiger partial charge in [0.25, 0.3) is 0 Å². The lowest BCUT2D eigenvalue weighted by Gasteiger charge is -2.14. The molecule has 6 heteroatoms. The highest BCUT2D eigenvalue weighted by Crippen LogP contribution is 2.27. The SMILES string of the molecule is Cl.N[C@@H]1CN(Cc2csnn2)C[C@H]1c1ccccc1. The van der Waals surface area contributed by atoms with Gasteiger partial charge in [-0.3, -0.25) is 4.90 Å². The molecule has 0 bridgehead atoms. The highest BCUT2D eigenvalue weighted by molar-refractivity contribution is 7.03. The summed E-state index contributed by atoms with van der Waals surface area (Å²) in [7, 11) is 0. The van der Waals surface area contributed by atoms with Crippen molar-refractivity contribution in [2.75, 3.05) is 13.1 Å². The van der Waals surface area contributed by atoms with Crippen LogP contribution in [0, 0.1) is 0 Å². The molecular weight excluding hydrogens is 280 g/mol. The first-order valence-electron chi connectivity index (χ1n) is 6.12. The van der Waals surface area contributed by atoms with E-state index in [1.807, 2.05) is 11.4 Å². The lowest BCUT2D eigenvalue weighted by molar-refractivity contribution is 0.319. The predicted octanol–water partition coefficient (Wildman–Crippen LogP) is 1.89. The summed E-state index contributed by atoms with van der Waals surface area (Å²) < 4.78 is 3.89. The molecule has 0 radical (unpaired) electrons. The van der Waals surface area contributed by atoms with E-state index < -0.39 is 0 Å². The van der Waals surface area contributed by atoms with Crippen molar-refractivity contribution in [1.82, 2.24) is 14.5 Å². The Hall–Kier alpha value is -1.01. The van der Waals surface area contributed by atoms with Gasteiger partial charge in [-0.2, -0.15) is 0 Å². The summed E-state index contributed by atoms with van der Waals surface area (Å²) in [5.41, 5.74) is 8.63. The first kappa shape index (κ1) is 14.4. The fourth-order valence-electron chi connectivity index (χ4n) is 2.58. The number of halogens is 1. The first-order valence-corrected chi connectivity index (χ1v) is 6.95. The monoisotopic (exact) mass is 296 g/mol. The molecule has 102 valence electrons. The van der Waals surface area contributed by atoms with Crippen molar-refractivity contribution in [2.24, 2.45) is 5.73 Å². The Balaban J connectivity index is 0.00000133. The smallest absolute Gasteiger partial charge is 0.0895 e. The number of hydrogen-bond acceptors (Lipinski definition) is 5. The van der Waals surface area contributed by atoms with Crippen LogP contribution in [0.25, 0.3) is 0 Å². The van der Waals surface area contributed by atoms with Crippen molar-refractivity contribution >= 4 is 23.9 Å². The van der Waals surface area contributed by atoms with E-state index in [9.17, 15) is 0 Å². The second-order valence-corrected chi connectivity index (χ2v) is 5.38. The van der Waals surface area contributed by atoms with Crippen LogP contribution in [0.5, 0.6) is 0 Å². The molecule has 0 spiro atoms. The van der Waals surface area contributed by atoms with E-state index in [4.69, 9.17) is 5.73 Å². The van der Waals surface area contributed by atoms with Crippen LogP contribution in [0.3, 0.4) is 0 Å². The normalized spacial score (nSPS) is 23.2. The van der Waals surface area contributed by atoms with Gasteiger partial charge >= 0.3 is 0 Å². The Morgan fingerprint density at radius 2 is 2.05 bits per heavy atom. The highest BCUT2D eigenvalue weighted by atomic mass is 35.5. The number of nitrogens with two attached hydrogens (primary N) is 1. The third kappa shape index (κ3) is 3.30. The van der Waals surface area contributed by atoms with Crippen LogP contribution in [-0.2, 0) is 6.54 Å². The minimum absolute atomic E-state index is 0. The molecule has 4 nitrogen and oxygen atoms in total. The molecule has 3 rings (SSSR count). The Bertz CT molecular complexity index is 491. The van der Waals surface area contributed by atoms with Crippen LogP contribution in [0.2, 0.25) is 0 Å². The number of rotatable bonds is 3. The Labute approximate surface area is 123 Å². The standard InChI is InChI=1S/C13H16N4S.ClH/c14-13-8-17(6-11-9-18-16-15-11)7-12(13)10-4-2-1-3-5-10;/h1-5,9,12-13H,6-8,14H2;1H/t12-,13+;/m0./s1. The molecule has 19 heavy (non-hydrogen) atoms. The van der Waals surface area contributed by atoms with Crippen LogP contribution >= 0.6 is 23.9 Å². The van der Waals surface area contributed by atoms with E-state index >= 15 is 0 Å². The number of nitrogens with zero attached hydrogens (tertiary/aromatic N) is 3. The summed E-state index contributed by atoms with van der Waals surface area (Å²) >= 11 is 1.40. The molecule has 2 aromatic rings. The highest BCUT2D eigenvalue weighted by Gasteiger charge is 2.31. The second kappa shape index (κ2) is 6.43. The predicted molar refractivity (Wildman–Crippen MR) is 79.6 cm³/mol. The third-order valence-corrected chi connectivity index (χ3v) is 4.01. The van der Waals surface area contributed by atoms with E-state index in [0.717, 1.165) is 25.3 Å². The Morgan fingerprint density at radius 3 is 2.74 bits per heavy atom. The van der Waals surface area contributed by atoms with Gasteiger partial charge in [-0.05, 0) is 17.1 Å². The quantitative estimate of drug-likeness (QED) is 0.940. The molecular formula is C13H17ClN4S. The van der Waals surface area contributed by atoms with E-state index in [1.54, 1.807) is 0 Å². The van der Waals surface area contributed by atoms with Gasteiger partial charge in [0, 0.05) is 37.0 Å².